The number of carbonyl (C=O) groups excluding carboxylic acids is 1. The van der Waals surface area contributed by atoms with E-state index in [1.165, 1.54) is 11.3 Å². The van der Waals surface area contributed by atoms with E-state index in [2.05, 4.69) is 20.5 Å². The van der Waals surface area contributed by atoms with Crippen molar-refractivity contribution in [1.82, 2.24) is 29.7 Å². The van der Waals surface area contributed by atoms with Gasteiger partial charge in [0.1, 0.15) is 5.56 Å². The highest BCUT2D eigenvalue weighted by Gasteiger charge is 2.36. The maximum atomic E-state index is 13.8. The maximum Gasteiger partial charge on any atom is 0.433 e. The molecule has 0 saturated carbocycles. The van der Waals surface area contributed by atoms with Gasteiger partial charge in [-0.3, -0.25) is 9.48 Å². The van der Waals surface area contributed by atoms with Crippen LogP contribution in [0.2, 0.25) is 0 Å². The lowest BCUT2D eigenvalue weighted by Crippen LogP contribution is -2.27. The fourth-order valence-corrected chi connectivity index (χ4v) is 4.54. The first-order valence-electron chi connectivity index (χ1n) is 10.5. The summed E-state index contributed by atoms with van der Waals surface area (Å²) < 4.78 is 43.9. The normalized spacial score (nSPS) is 12.9. The van der Waals surface area contributed by atoms with Crippen LogP contribution in [0.1, 0.15) is 59.0 Å². The number of alkyl halides is 3. The summed E-state index contributed by atoms with van der Waals surface area (Å²) in [4.78, 5) is 19.1. The van der Waals surface area contributed by atoms with E-state index in [0.29, 0.717) is 15.9 Å². The van der Waals surface area contributed by atoms with Gasteiger partial charge in [-0.1, -0.05) is 6.92 Å². The molecule has 1 N–H and O–H groups in total. The number of carbonyl (C=O) groups is 1. The van der Waals surface area contributed by atoms with Gasteiger partial charge in [-0.25, -0.2) is 9.50 Å². The molecule has 0 aliphatic heterocycles. The van der Waals surface area contributed by atoms with Crippen molar-refractivity contribution < 1.29 is 18.0 Å². The van der Waals surface area contributed by atoms with Gasteiger partial charge in [0.15, 0.2) is 11.3 Å². The van der Waals surface area contributed by atoms with Gasteiger partial charge in [0.05, 0.1) is 28.5 Å². The first-order chi connectivity index (χ1) is 15.6. The molecular weight excluding hydrogens is 453 g/mol. The summed E-state index contributed by atoms with van der Waals surface area (Å²) >= 11 is 1.38. The van der Waals surface area contributed by atoms with E-state index in [1.54, 1.807) is 17.7 Å². The van der Waals surface area contributed by atoms with Crippen LogP contribution >= 0.6 is 11.3 Å². The van der Waals surface area contributed by atoms with Crippen molar-refractivity contribution in [1.29, 1.82) is 0 Å². The third kappa shape index (κ3) is 4.37. The lowest BCUT2D eigenvalue weighted by Gasteiger charge is -2.13. The topological polar surface area (TPSA) is 77.1 Å². The minimum absolute atomic E-state index is 0.0259. The van der Waals surface area contributed by atoms with E-state index >= 15 is 0 Å². The molecule has 33 heavy (non-hydrogen) atoms. The third-order valence-corrected chi connectivity index (χ3v) is 6.64. The third-order valence-electron chi connectivity index (χ3n) is 5.39. The Kier molecular flexibility index (Phi) is 6.00. The molecule has 1 atom stereocenters. The zero-order chi connectivity index (χ0) is 23.9. The van der Waals surface area contributed by atoms with Gasteiger partial charge in [0, 0.05) is 23.2 Å². The van der Waals surface area contributed by atoms with Crippen molar-refractivity contribution >= 4 is 22.9 Å². The number of fused-ring (bicyclic) bond motifs is 1. The summed E-state index contributed by atoms with van der Waals surface area (Å²) in [6, 6.07) is 4.18. The van der Waals surface area contributed by atoms with Crippen LogP contribution in [0.4, 0.5) is 13.2 Å². The second-order valence-corrected chi connectivity index (χ2v) is 8.83. The first-order valence-corrected chi connectivity index (χ1v) is 11.3. The van der Waals surface area contributed by atoms with E-state index in [4.69, 9.17) is 0 Å². The van der Waals surface area contributed by atoms with Crippen molar-refractivity contribution in [2.24, 2.45) is 0 Å². The van der Waals surface area contributed by atoms with Crippen LogP contribution in [0.3, 0.4) is 0 Å². The molecule has 1 amide bonds. The number of thiophene rings is 1. The molecule has 0 radical (unpaired) electrons. The second kappa shape index (κ2) is 8.62. The number of amides is 1. The molecule has 0 saturated heterocycles. The number of rotatable bonds is 6. The molecule has 0 aromatic carbocycles. The van der Waals surface area contributed by atoms with Gasteiger partial charge in [0.25, 0.3) is 5.91 Å². The van der Waals surface area contributed by atoms with Crippen molar-refractivity contribution in [3.8, 4) is 10.6 Å². The Morgan fingerprint density at radius 1 is 1.27 bits per heavy atom. The van der Waals surface area contributed by atoms with Crippen LogP contribution in [0.15, 0.2) is 30.6 Å². The number of nitrogens with one attached hydrogen (secondary N) is 1. The van der Waals surface area contributed by atoms with Gasteiger partial charge >= 0.3 is 6.18 Å². The summed E-state index contributed by atoms with van der Waals surface area (Å²) in [5.74, 6) is -0.556. The summed E-state index contributed by atoms with van der Waals surface area (Å²) in [5.41, 5.74) is 0.605. The Morgan fingerprint density at radius 2 is 2.03 bits per heavy atom. The van der Waals surface area contributed by atoms with Gasteiger partial charge in [-0.15, -0.1) is 11.3 Å². The zero-order valence-corrected chi connectivity index (χ0v) is 19.4. The Morgan fingerprint density at radius 3 is 2.64 bits per heavy atom. The maximum absolute atomic E-state index is 13.8. The molecule has 7 nitrogen and oxygen atoms in total. The minimum Gasteiger partial charge on any atom is -0.345 e. The number of hydrogen-bond donors (Lipinski definition) is 1. The Bertz CT molecular complexity index is 1320. The van der Waals surface area contributed by atoms with Crippen molar-refractivity contribution in [3.05, 3.63) is 58.0 Å². The highest BCUT2D eigenvalue weighted by Crippen LogP contribution is 2.35. The summed E-state index contributed by atoms with van der Waals surface area (Å²) in [7, 11) is 0. The first kappa shape index (κ1) is 23.0. The van der Waals surface area contributed by atoms with Crippen LogP contribution < -0.4 is 5.32 Å². The van der Waals surface area contributed by atoms with Crippen molar-refractivity contribution in [2.75, 3.05) is 0 Å². The number of aryl methyl sites for hydroxylation is 3. The summed E-state index contributed by atoms with van der Waals surface area (Å²) in [5, 5.41) is 11.0. The van der Waals surface area contributed by atoms with E-state index in [1.807, 2.05) is 33.0 Å². The fourth-order valence-electron chi connectivity index (χ4n) is 3.63. The minimum atomic E-state index is -4.67. The average molecular weight is 477 g/mol. The number of halogens is 3. The largest absolute Gasteiger partial charge is 0.433 e. The van der Waals surface area contributed by atoms with Gasteiger partial charge in [0.2, 0.25) is 0 Å². The fraction of sp³-hybridized carbons (Fsp3) is 0.364. The second-order valence-electron chi connectivity index (χ2n) is 7.66. The predicted octanol–water partition coefficient (Wildman–Crippen LogP) is 5.05. The molecule has 174 valence electrons. The molecule has 4 heterocycles. The molecule has 0 fully saturated rings. The Hall–Kier alpha value is -3.21. The van der Waals surface area contributed by atoms with Crippen LogP contribution in [-0.2, 0) is 19.1 Å². The monoisotopic (exact) mass is 476 g/mol. The molecule has 4 aromatic rings. The number of hydrogen-bond acceptors (Lipinski definition) is 5. The van der Waals surface area contributed by atoms with Crippen molar-refractivity contribution in [3.63, 3.8) is 0 Å². The zero-order valence-electron chi connectivity index (χ0n) is 18.6. The van der Waals surface area contributed by atoms with Crippen molar-refractivity contribution in [2.45, 2.75) is 52.9 Å². The Balaban J connectivity index is 1.75. The van der Waals surface area contributed by atoms with Gasteiger partial charge in [-0.2, -0.15) is 23.4 Å². The summed E-state index contributed by atoms with van der Waals surface area (Å²) in [6.45, 7) is 8.25. The van der Waals surface area contributed by atoms with Gasteiger partial charge < -0.3 is 5.32 Å². The quantitative estimate of drug-likeness (QED) is 0.422. The molecule has 0 unspecified atom stereocenters. The van der Waals surface area contributed by atoms with E-state index in [-0.39, 0.29) is 16.9 Å². The summed E-state index contributed by atoms with van der Waals surface area (Å²) in [6.07, 6.45) is -0.931. The van der Waals surface area contributed by atoms with Crippen LogP contribution in [0.5, 0.6) is 0 Å². The molecule has 11 heteroatoms. The van der Waals surface area contributed by atoms with Crippen LogP contribution in [0.25, 0.3) is 16.2 Å². The molecular formula is C22H23F3N6OS. The number of nitrogens with zero attached hydrogens (tertiary/aromatic N) is 5. The highest BCUT2D eigenvalue weighted by molar-refractivity contribution is 7.15. The van der Waals surface area contributed by atoms with Gasteiger partial charge in [-0.05, 0) is 45.4 Å². The van der Waals surface area contributed by atoms with E-state index in [0.717, 1.165) is 34.8 Å². The molecule has 0 aliphatic rings. The Labute approximate surface area is 192 Å². The molecule has 4 rings (SSSR count). The molecule has 0 bridgehead atoms. The lowest BCUT2D eigenvalue weighted by atomic mass is 10.1. The molecule has 0 spiro atoms. The molecule has 4 aromatic heterocycles. The predicted molar refractivity (Wildman–Crippen MR) is 119 cm³/mol. The van der Waals surface area contributed by atoms with Crippen LogP contribution in [0, 0.1) is 6.92 Å². The average Bonchev–Trinajstić information content (AvgIpc) is 3.49. The number of aromatic nitrogens is 5. The lowest BCUT2D eigenvalue weighted by molar-refractivity contribution is -0.142. The standard InChI is InChI=1S/C22H23F3N6OS/c1-5-14-7-8-18(33-14)17-9-19(22(23,24)25)31-20(28-17)15(10-26-31)21(32)27-12(3)16-11-30(6-2)29-13(16)4/h7-12H,5-6H2,1-4H3,(H,27,32)/t12-/m0/s1. The smallest absolute Gasteiger partial charge is 0.345 e. The SMILES string of the molecule is CCc1ccc(-c2cc(C(F)(F)F)n3ncc(C(=O)N[C@@H](C)c4cn(CC)nc4C)c3n2)s1. The van der Waals surface area contributed by atoms with Crippen LogP contribution in [-0.4, -0.2) is 30.3 Å². The van der Waals surface area contributed by atoms with E-state index < -0.39 is 23.8 Å². The highest BCUT2D eigenvalue weighted by atomic mass is 32.1. The molecule has 0 aliphatic carbocycles. The van der Waals surface area contributed by atoms with E-state index in [9.17, 15) is 18.0 Å².